The first-order valence-electron chi connectivity index (χ1n) is 9.01. The van der Waals surface area contributed by atoms with E-state index in [0.717, 1.165) is 5.69 Å². The highest BCUT2D eigenvalue weighted by Crippen LogP contribution is 2.31. The number of thioether (sulfide) groups is 1. The fourth-order valence-electron chi connectivity index (χ4n) is 2.74. The predicted molar refractivity (Wildman–Crippen MR) is 108 cm³/mol. The number of anilines is 1. The van der Waals surface area contributed by atoms with Crippen LogP contribution >= 0.6 is 11.8 Å². The molecular weight excluding hydrogens is 394 g/mol. The third kappa shape index (κ3) is 4.80. The fourth-order valence-corrected chi connectivity index (χ4v) is 3.73. The Hall–Kier alpha value is -3.20. The number of para-hydroxylation sites is 1. The van der Waals surface area contributed by atoms with Crippen LogP contribution in [0.4, 0.5) is 5.69 Å². The molecule has 29 heavy (non-hydrogen) atoms. The van der Waals surface area contributed by atoms with Crippen LogP contribution in [0.1, 0.15) is 50.7 Å². The van der Waals surface area contributed by atoms with Gasteiger partial charge in [0.15, 0.2) is 5.69 Å². The van der Waals surface area contributed by atoms with E-state index in [4.69, 9.17) is 4.52 Å². The van der Waals surface area contributed by atoms with Crippen LogP contribution in [0.25, 0.3) is 0 Å². The molecule has 2 aromatic rings. The molecule has 0 fully saturated rings. The van der Waals surface area contributed by atoms with Crippen molar-refractivity contribution in [3.63, 3.8) is 0 Å². The van der Waals surface area contributed by atoms with Gasteiger partial charge in [-0.15, -0.1) is 11.8 Å². The number of carbonyl (C=O) groups excluding carboxylic acids is 4. The van der Waals surface area contributed by atoms with E-state index >= 15 is 0 Å². The molecule has 1 aliphatic rings. The maximum absolute atomic E-state index is 12.7. The number of amides is 2. The molecule has 150 valence electrons. The van der Waals surface area contributed by atoms with Gasteiger partial charge in [-0.3, -0.25) is 19.2 Å². The van der Waals surface area contributed by atoms with Gasteiger partial charge in [0.25, 0.3) is 5.91 Å². The number of aromatic nitrogens is 1. The first-order chi connectivity index (χ1) is 14.0. The van der Waals surface area contributed by atoms with Gasteiger partial charge in [-0.25, -0.2) is 0 Å². The second-order valence-electron chi connectivity index (χ2n) is 6.24. The summed E-state index contributed by atoms with van der Waals surface area (Å²) in [5.74, 6) is -1.27. The molecule has 2 N–H and O–H groups in total. The molecule has 0 spiro atoms. The molecule has 1 aromatic heterocycles. The van der Waals surface area contributed by atoms with Gasteiger partial charge < -0.3 is 15.2 Å². The van der Waals surface area contributed by atoms with Gasteiger partial charge in [0.1, 0.15) is 5.56 Å². The van der Waals surface area contributed by atoms with Gasteiger partial charge in [-0.05, 0) is 30.7 Å². The zero-order valence-corrected chi connectivity index (χ0v) is 16.5. The summed E-state index contributed by atoms with van der Waals surface area (Å²) in [5, 5.41) is 8.73. The first kappa shape index (κ1) is 20.5. The highest BCUT2D eigenvalue weighted by molar-refractivity contribution is 8.04. The summed E-state index contributed by atoms with van der Waals surface area (Å²) in [7, 11) is 1.40. The topological polar surface area (TPSA) is 118 Å². The molecule has 1 aliphatic carbocycles. The number of nitrogens with zero attached hydrogens (tertiary/aromatic N) is 1. The molecule has 1 aromatic carbocycles. The highest BCUT2D eigenvalue weighted by atomic mass is 32.2. The molecule has 9 heteroatoms. The maximum Gasteiger partial charge on any atom is 0.274 e. The maximum atomic E-state index is 12.7. The van der Waals surface area contributed by atoms with E-state index in [9.17, 15) is 19.2 Å². The summed E-state index contributed by atoms with van der Waals surface area (Å²) in [4.78, 5) is 48.8. The van der Waals surface area contributed by atoms with Crippen molar-refractivity contribution in [1.29, 1.82) is 0 Å². The summed E-state index contributed by atoms with van der Waals surface area (Å²) in [6.45, 7) is 0. The van der Waals surface area contributed by atoms with Gasteiger partial charge >= 0.3 is 0 Å². The lowest BCUT2D eigenvalue weighted by molar-refractivity contribution is -0.116. The number of hydrogen-bond acceptors (Lipinski definition) is 7. The van der Waals surface area contributed by atoms with Crippen molar-refractivity contribution in [3.05, 3.63) is 58.3 Å². The van der Waals surface area contributed by atoms with E-state index in [-0.39, 0.29) is 27.8 Å². The predicted octanol–water partition coefficient (Wildman–Crippen LogP) is 2.84. The lowest BCUT2D eigenvalue weighted by Crippen LogP contribution is -2.23. The van der Waals surface area contributed by atoms with Crippen molar-refractivity contribution in [2.45, 2.75) is 19.3 Å². The highest BCUT2D eigenvalue weighted by Gasteiger charge is 2.35. The minimum absolute atomic E-state index is 0.0753. The number of carbonyl (C=O) groups is 4. The summed E-state index contributed by atoms with van der Waals surface area (Å²) in [5.41, 5.74) is 0.464. The Labute approximate surface area is 171 Å². The number of rotatable bonds is 8. The normalized spacial score (nSPS) is 12.9. The number of ketones is 2. The fraction of sp³-hybridized carbons (Fsp3) is 0.250. The van der Waals surface area contributed by atoms with Crippen molar-refractivity contribution >= 4 is 40.8 Å². The second kappa shape index (κ2) is 9.33. The zero-order chi connectivity index (χ0) is 20.8. The number of unbranched alkanes of at least 4 members (excludes halogenated alkanes) is 1. The average molecular weight is 413 g/mol. The zero-order valence-electron chi connectivity index (χ0n) is 15.7. The van der Waals surface area contributed by atoms with Crippen molar-refractivity contribution < 1.29 is 23.7 Å². The molecule has 0 radical (unpaired) electrons. The number of allylic oxidation sites excluding steroid dienone is 2. The van der Waals surface area contributed by atoms with Crippen LogP contribution in [0.3, 0.4) is 0 Å². The Morgan fingerprint density at radius 1 is 1.14 bits per heavy atom. The number of benzene rings is 1. The Morgan fingerprint density at radius 2 is 1.90 bits per heavy atom. The van der Waals surface area contributed by atoms with E-state index in [1.165, 1.54) is 24.9 Å². The van der Waals surface area contributed by atoms with Crippen LogP contribution in [0, 0.1) is 0 Å². The van der Waals surface area contributed by atoms with E-state index in [1.54, 1.807) is 0 Å². The van der Waals surface area contributed by atoms with Crippen molar-refractivity contribution in [2.24, 2.45) is 0 Å². The van der Waals surface area contributed by atoms with Crippen molar-refractivity contribution in [1.82, 2.24) is 10.5 Å². The first-order valence-corrected chi connectivity index (χ1v) is 10.00. The largest absolute Gasteiger partial charge is 0.354 e. The molecule has 0 saturated heterocycles. The molecule has 0 bridgehead atoms. The summed E-state index contributed by atoms with van der Waals surface area (Å²) in [6.07, 6.45) is 2.89. The molecule has 2 amide bonds. The number of nitrogens with one attached hydrogen (secondary N) is 2. The van der Waals surface area contributed by atoms with Gasteiger partial charge in [-0.1, -0.05) is 23.4 Å². The van der Waals surface area contributed by atoms with Crippen LogP contribution in [-0.2, 0) is 4.79 Å². The number of fused-ring (bicyclic) bond motifs is 1. The van der Waals surface area contributed by atoms with Gasteiger partial charge in [0.2, 0.25) is 23.2 Å². The third-order valence-corrected chi connectivity index (χ3v) is 5.29. The summed E-state index contributed by atoms with van der Waals surface area (Å²) < 4.78 is 4.88. The lowest BCUT2D eigenvalue weighted by atomic mass is 10.00. The summed E-state index contributed by atoms with van der Waals surface area (Å²) in [6, 6.07) is 9.20. The quantitative estimate of drug-likeness (QED) is 0.639. The molecule has 3 rings (SSSR count). The van der Waals surface area contributed by atoms with Crippen molar-refractivity contribution in [2.75, 3.05) is 18.1 Å². The van der Waals surface area contributed by atoms with E-state index in [0.29, 0.717) is 25.0 Å². The van der Waals surface area contributed by atoms with Gasteiger partial charge in [0, 0.05) is 25.2 Å². The van der Waals surface area contributed by atoms with Crippen molar-refractivity contribution in [3.8, 4) is 0 Å². The van der Waals surface area contributed by atoms with Gasteiger partial charge in [0.05, 0.1) is 4.91 Å². The van der Waals surface area contributed by atoms with Crippen LogP contribution < -0.4 is 10.6 Å². The Bertz CT molecular complexity index is 981. The number of Topliss-reactive ketones (excluding diaryl/α,β-unsaturated/α-hetero) is 1. The van der Waals surface area contributed by atoms with Crippen LogP contribution in [0.15, 0.2) is 45.8 Å². The SMILES string of the molecule is CNC(=O)c1noc2c1C(=O)C(SCCCCC(=O)Nc1ccccc1)=CC2=O. The molecule has 1 heterocycles. The van der Waals surface area contributed by atoms with Gasteiger partial charge in [-0.2, -0.15) is 0 Å². The van der Waals surface area contributed by atoms with E-state index in [1.807, 2.05) is 30.3 Å². The number of hydrogen-bond donors (Lipinski definition) is 2. The second-order valence-corrected chi connectivity index (χ2v) is 7.37. The minimum Gasteiger partial charge on any atom is -0.354 e. The van der Waals surface area contributed by atoms with Crippen LogP contribution in [0.5, 0.6) is 0 Å². The lowest BCUT2D eigenvalue weighted by Gasteiger charge is -2.10. The Balaban J connectivity index is 1.49. The molecule has 0 atom stereocenters. The van der Waals surface area contributed by atoms with Crippen LogP contribution in [0.2, 0.25) is 0 Å². The van der Waals surface area contributed by atoms with Crippen LogP contribution in [-0.4, -0.2) is 41.3 Å². The van der Waals surface area contributed by atoms with E-state index < -0.39 is 17.5 Å². The molecular formula is C20H19N3O5S. The monoisotopic (exact) mass is 413 g/mol. The minimum atomic E-state index is -0.591. The average Bonchev–Trinajstić information content (AvgIpc) is 3.17. The molecule has 8 nitrogen and oxygen atoms in total. The summed E-state index contributed by atoms with van der Waals surface area (Å²) >= 11 is 1.22. The Morgan fingerprint density at radius 3 is 2.62 bits per heavy atom. The van der Waals surface area contributed by atoms with E-state index in [2.05, 4.69) is 15.8 Å². The molecule has 0 unspecified atom stereocenters. The third-order valence-electron chi connectivity index (χ3n) is 4.18. The molecule has 0 saturated carbocycles. The Kier molecular flexibility index (Phi) is 6.61. The standard InChI is InChI=1S/C20H19N3O5S/c1-21-20(27)17-16-18(26)14(11-13(24)19(16)28-23-17)29-10-6-5-9-15(25)22-12-7-3-2-4-8-12/h2-4,7-8,11H,5-6,9-10H2,1H3,(H,21,27)(H,22,25). The molecule has 0 aliphatic heterocycles. The smallest absolute Gasteiger partial charge is 0.274 e.